The van der Waals surface area contributed by atoms with Crippen molar-refractivity contribution >= 4 is 11.8 Å². The van der Waals surface area contributed by atoms with E-state index in [0.29, 0.717) is 5.25 Å². The SMILES string of the molecule is CC1SC(C)(C)C(O)c2ccccc21. The van der Waals surface area contributed by atoms with Crippen LogP contribution in [0.5, 0.6) is 0 Å². The minimum atomic E-state index is -0.347. The number of fused-ring (bicyclic) bond motifs is 1. The van der Waals surface area contributed by atoms with Gasteiger partial charge in [-0.25, -0.2) is 0 Å². The lowest BCUT2D eigenvalue weighted by Gasteiger charge is -2.39. The Bertz CT molecular complexity index is 346. The predicted octanol–water partition coefficient (Wildman–Crippen LogP) is 3.31. The van der Waals surface area contributed by atoms with Crippen LogP contribution < -0.4 is 0 Å². The molecule has 76 valence electrons. The second kappa shape index (κ2) is 3.28. The van der Waals surface area contributed by atoms with Gasteiger partial charge in [-0.2, -0.15) is 0 Å². The van der Waals surface area contributed by atoms with Gasteiger partial charge in [0.15, 0.2) is 0 Å². The van der Waals surface area contributed by atoms with Crippen molar-refractivity contribution in [1.82, 2.24) is 0 Å². The molecule has 1 heterocycles. The molecule has 1 aromatic rings. The molecule has 1 aliphatic heterocycles. The lowest BCUT2D eigenvalue weighted by atomic mass is 9.92. The van der Waals surface area contributed by atoms with Crippen LogP contribution in [0.2, 0.25) is 0 Å². The largest absolute Gasteiger partial charge is 0.387 e. The van der Waals surface area contributed by atoms with E-state index in [1.807, 2.05) is 30.0 Å². The number of aliphatic hydroxyl groups excluding tert-OH is 1. The quantitative estimate of drug-likeness (QED) is 0.706. The monoisotopic (exact) mass is 208 g/mol. The number of benzene rings is 1. The fourth-order valence-electron chi connectivity index (χ4n) is 2.09. The zero-order chi connectivity index (χ0) is 10.3. The van der Waals surface area contributed by atoms with E-state index in [1.54, 1.807) is 0 Å². The van der Waals surface area contributed by atoms with Crippen LogP contribution in [0.15, 0.2) is 24.3 Å². The Labute approximate surface area is 89.5 Å². The zero-order valence-electron chi connectivity index (χ0n) is 8.82. The highest BCUT2D eigenvalue weighted by Crippen LogP contribution is 2.51. The molecular formula is C12H16OS. The summed E-state index contributed by atoms with van der Waals surface area (Å²) in [5.74, 6) is 0. The van der Waals surface area contributed by atoms with Gasteiger partial charge >= 0.3 is 0 Å². The third-order valence-corrected chi connectivity index (χ3v) is 4.31. The number of rotatable bonds is 0. The highest BCUT2D eigenvalue weighted by molar-refractivity contribution is 8.00. The molecule has 2 atom stereocenters. The maximum Gasteiger partial charge on any atom is 0.0934 e. The summed E-state index contributed by atoms with van der Waals surface area (Å²) in [4.78, 5) is 0. The highest BCUT2D eigenvalue weighted by atomic mass is 32.2. The molecule has 0 fully saturated rings. The molecule has 0 spiro atoms. The summed E-state index contributed by atoms with van der Waals surface area (Å²) in [5.41, 5.74) is 2.38. The first kappa shape index (κ1) is 10.1. The van der Waals surface area contributed by atoms with E-state index in [0.717, 1.165) is 5.56 Å². The minimum Gasteiger partial charge on any atom is -0.387 e. The van der Waals surface area contributed by atoms with Crippen LogP contribution in [0.3, 0.4) is 0 Å². The first-order valence-corrected chi connectivity index (χ1v) is 5.85. The summed E-state index contributed by atoms with van der Waals surface area (Å²) >= 11 is 1.84. The Hall–Kier alpha value is -0.470. The number of hydrogen-bond acceptors (Lipinski definition) is 2. The van der Waals surface area contributed by atoms with E-state index in [-0.39, 0.29) is 10.9 Å². The van der Waals surface area contributed by atoms with E-state index in [4.69, 9.17) is 0 Å². The van der Waals surface area contributed by atoms with Crippen LogP contribution >= 0.6 is 11.8 Å². The smallest absolute Gasteiger partial charge is 0.0934 e. The Morgan fingerprint density at radius 3 is 2.43 bits per heavy atom. The molecule has 2 unspecified atom stereocenters. The molecule has 1 nitrogen and oxygen atoms in total. The molecule has 1 N–H and O–H groups in total. The van der Waals surface area contributed by atoms with Crippen molar-refractivity contribution in [3.8, 4) is 0 Å². The van der Waals surface area contributed by atoms with Gasteiger partial charge in [0, 0.05) is 10.00 Å². The Morgan fingerprint density at radius 1 is 1.21 bits per heavy atom. The van der Waals surface area contributed by atoms with Crippen LogP contribution in [0, 0.1) is 0 Å². The van der Waals surface area contributed by atoms with Gasteiger partial charge in [-0.1, -0.05) is 24.3 Å². The van der Waals surface area contributed by atoms with Gasteiger partial charge in [-0.3, -0.25) is 0 Å². The lowest BCUT2D eigenvalue weighted by Crippen LogP contribution is -2.31. The van der Waals surface area contributed by atoms with E-state index in [2.05, 4.69) is 26.8 Å². The molecule has 0 aliphatic carbocycles. The van der Waals surface area contributed by atoms with Crippen molar-refractivity contribution in [2.75, 3.05) is 0 Å². The summed E-state index contributed by atoms with van der Waals surface area (Å²) in [6.07, 6.45) is -0.347. The molecule has 0 saturated heterocycles. The van der Waals surface area contributed by atoms with E-state index in [1.165, 1.54) is 5.56 Å². The Balaban J connectivity index is 2.52. The summed E-state index contributed by atoms with van der Waals surface area (Å²) in [6.45, 7) is 6.42. The van der Waals surface area contributed by atoms with Gasteiger partial charge < -0.3 is 5.11 Å². The van der Waals surface area contributed by atoms with E-state index >= 15 is 0 Å². The molecule has 1 aromatic carbocycles. The molecule has 0 aromatic heterocycles. The van der Waals surface area contributed by atoms with Gasteiger partial charge in [0.25, 0.3) is 0 Å². The van der Waals surface area contributed by atoms with Crippen LogP contribution in [-0.4, -0.2) is 9.85 Å². The van der Waals surface area contributed by atoms with Crippen LogP contribution in [0.1, 0.15) is 43.3 Å². The summed E-state index contributed by atoms with van der Waals surface area (Å²) in [6, 6.07) is 8.20. The van der Waals surface area contributed by atoms with Crippen LogP contribution in [0.4, 0.5) is 0 Å². The van der Waals surface area contributed by atoms with Gasteiger partial charge in [0.2, 0.25) is 0 Å². The Morgan fingerprint density at radius 2 is 1.79 bits per heavy atom. The normalized spacial score (nSPS) is 29.7. The van der Waals surface area contributed by atoms with Gasteiger partial charge in [-0.15, -0.1) is 11.8 Å². The van der Waals surface area contributed by atoms with Gasteiger partial charge in [0.1, 0.15) is 0 Å². The van der Waals surface area contributed by atoms with Gasteiger partial charge in [-0.05, 0) is 31.9 Å². The van der Waals surface area contributed by atoms with E-state index in [9.17, 15) is 5.11 Å². The standard InChI is InChI=1S/C12H16OS/c1-8-9-6-4-5-7-10(9)11(13)12(2,3)14-8/h4-8,11,13H,1-3H3. The fourth-order valence-corrected chi connectivity index (χ4v) is 3.60. The summed E-state index contributed by atoms with van der Waals surface area (Å²) in [7, 11) is 0. The molecule has 1 aliphatic rings. The number of aliphatic hydroxyl groups is 1. The summed E-state index contributed by atoms with van der Waals surface area (Å²) in [5, 5.41) is 10.7. The first-order valence-electron chi connectivity index (χ1n) is 4.97. The number of thioether (sulfide) groups is 1. The van der Waals surface area contributed by atoms with E-state index < -0.39 is 0 Å². The van der Waals surface area contributed by atoms with Crippen LogP contribution in [0.25, 0.3) is 0 Å². The fraction of sp³-hybridized carbons (Fsp3) is 0.500. The molecular weight excluding hydrogens is 192 g/mol. The average molecular weight is 208 g/mol. The molecule has 0 radical (unpaired) electrons. The first-order chi connectivity index (χ1) is 6.52. The van der Waals surface area contributed by atoms with Crippen molar-refractivity contribution in [3.63, 3.8) is 0 Å². The van der Waals surface area contributed by atoms with Crippen molar-refractivity contribution in [2.45, 2.75) is 36.9 Å². The second-order valence-electron chi connectivity index (χ2n) is 4.39. The van der Waals surface area contributed by atoms with Crippen molar-refractivity contribution < 1.29 is 5.11 Å². The molecule has 14 heavy (non-hydrogen) atoms. The maximum absolute atomic E-state index is 10.2. The second-order valence-corrected chi connectivity index (χ2v) is 6.39. The maximum atomic E-state index is 10.2. The highest BCUT2D eigenvalue weighted by Gasteiger charge is 2.38. The third kappa shape index (κ3) is 1.47. The van der Waals surface area contributed by atoms with Crippen molar-refractivity contribution in [3.05, 3.63) is 35.4 Å². The molecule has 0 saturated carbocycles. The summed E-state index contributed by atoms with van der Waals surface area (Å²) < 4.78 is -0.0756. The van der Waals surface area contributed by atoms with Crippen molar-refractivity contribution in [2.24, 2.45) is 0 Å². The zero-order valence-corrected chi connectivity index (χ0v) is 9.64. The topological polar surface area (TPSA) is 20.2 Å². The average Bonchev–Trinajstić information content (AvgIpc) is 2.14. The molecule has 0 bridgehead atoms. The van der Waals surface area contributed by atoms with Crippen LogP contribution in [-0.2, 0) is 0 Å². The lowest BCUT2D eigenvalue weighted by molar-refractivity contribution is 0.140. The number of hydrogen-bond donors (Lipinski definition) is 1. The minimum absolute atomic E-state index is 0.0756. The Kier molecular flexibility index (Phi) is 2.36. The predicted molar refractivity (Wildman–Crippen MR) is 61.5 cm³/mol. The molecule has 2 heteroatoms. The molecule has 2 rings (SSSR count). The van der Waals surface area contributed by atoms with Crippen molar-refractivity contribution in [1.29, 1.82) is 0 Å². The van der Waals surface area contributed by atoms with Gasteiger partial charge in [0.05, 0.1) is 6.10 Å². The third-order valence-electron chi connectivity index (χ3n) is 2.87. The molecule has 0 amide bonds.